The minimum atomic E-state index is -0.487. The number of aryl methyl sites for hydroxylation is 1. The number of thiazole rings is 1. The van der Waals surface area contributed by atoms with E-state index < -0.39 is 6.10 Å². The predicted octanol–water partition coefficient (Wildman–Crippen LogP) is 1.86. The molecule has 0 spiro atoms. The highest BCUT2D eigenvalue weighted by molar-refractivity contribution is 7.09. The molecule has 4 heteroatoms. The van der Waals surface area contributed by atoms with Gasteiger partial charge in [0.05, 0.1) is 0 Å². The van der Waals surface area contributed by atoms with E-state index in [1.807, 2.05) is 12.3 Å². The van der Waals surface area contributed by atoms with Gasteiger partial charge in [-0.2, -0.15) is 0 Å². The second-order valence-electron chi connectivity index (χ2n) is 3.56. The van der Waals surface area contributed by atoms with E-state index in [1.165, 1.54) is 11.3 Å². The molecule has 0 saturated heterocycles. The van der Waals surface area contributed by atoms with Crippen LogP contribution in [0.5, 0.6) is 0 Å². The molecule has 1 aromatic rings. The molecule has 0 aliphatic rings. The van der Waals surface area contributed by atoms with Gasteiger partial charge in [0.2, 0.25) is 0 Å². The molecule has 80 valence electrons. The van der Waals surface area contributed by atoms with Crippen molar-refractivity contribution in [2.75, 3.05) is 6.54 Å². The molecule has 0 fully saturated rings. The fourth-order valence-corrected chi connectivity index (χ4v) is 2.36. The molecule has 2 unspecified atom stereocenters. The second-order valence-corrected chi connectivity index (χ2v) is 4.45. The first-order valence-electron chi connectivity index (χ1n) is 4.99. The van der Waals surface area contributed by atoms with Gasteiger partial charge in [-0.3, -0.25) is 0 Å². The van der Waals surface area contributed by atoms with Crippen molar-refractivity contribution in [3.63, 3.8) is 0 Å². The molecule has 1 aromatic heterocycles. The van der Waals surface area contributed by atoms with Crippen LogP contribution in [0.2, 0.25) is 0 Å². The SMILES string of the molecule is CCCC(CN)C(O)c1nc(C)cs1. The van der Waals surface area contributed by atoms with Crippen LogP contribution in [0.3, 0.4) is 0 Å². The lowest BCUT2D eigenvalue weighted by atomic mass is 9.98. The maximum absolute atomic E-state index is 9.99. The van der Waals surface area contributed by atoms with Crippen molar-refractivity contribution in [1.82, 2.24) is 4.98 Å². The topological polar surface area (TPSA) is 59.1 Å². The molecule has 3 N–H and O–H groups in total. The average molecular weight is 214 g/mol. The van der Waals surface area contributed by atoms with Gasteiger partial charge in [-0.15, -0.1) is 11.3 Å². The molecule has 0 bridgehead atoms. The van der Waals surface area contributed by atoms with Crippen molar-refractivity contribution in [2.45, 2.75) is 32.8 Å². The summed E-state index contributed by atoms with van der Waals surface area (Å²) in [4.78, 5) is 4.27. The molecule has 0 saturated carbocycles. The maximum atomic E-state index is 9.99. The summed E-state index contributed by atoms with van der Waals surface area (Å²) < 4.78 is 0. The van der Waals surface area contributed by atoms with E-state index >= 15 is 0 Å². The summed E-state index contributed by atoms with van der Waals surface area (Å²) in [5, 5.41) is 12.7. The molecule has 0 aliphatic carbocycles. The highest BCUT2D eigenvalue weighted by Gasteiger charge is 2.21. The van der Waals surface area contributed by atoms with Gasteiger partial charge in [0.15, 0.2) is 0 Å². The van der Waals surface area contributed by atoms with Gasteiger partial charge >= 0.3 is 0 Å². The van der Waals surface area contributed by atoms with E-state index in [2.05, 4.69) is 11.9 Å². The Morgan fingerprint density at radius 2 is 2.36 bits per heavy atom. The molecule has 0 aromatic carbocycles. The van der Waals surface area contributed by atoms with Crippen molar-refractivity contribution in [3.05, 3.63) is 16.1 Å². The van der Waals surface area contributed by atoms with E-state index in [9.17, 15) is 5.11 Å². The van der Waals surface area contributed by atoms with Gasteiger partial charge in [0, 0.05) is 17.0 Å². The van der Waals surface area contributed by atoms with E-state index in [4.69, 9.17) is 5.73 Å². The average Bonchev–Trinajstić information content (AvgIpc) is 2.60. The van der Waals surface area contributed by atoms with Gasteiger partial charge < -0.3 is 10.8 Å². The minimum Gasteiger partial charge on any atom is -0.386 e. The molecule has 2 atom stereocenters. The van der Waals surface area contributed by atoms with Crippen LogP contribution < -0.4 is 5.73 Å². The number of hydrogen-bond donors (Lipinski definition) is 2. The molecule has 3 nitrogen and oxygen atoms in total. The first-order chi connectivity index (χ1) is 6.69. The molecule has 1 rings (SSSR count). The van der Waals surface area contributed by atoms with E-state index in [0.29, 0.717) is 6.54 Å². The predicted molar refractivity (Wildman–Crippen MR) is 59.3 cm³/mol. The summed E-state index contributed by atoms with van der Waals surface area (Å²) >= 11 is 1.51. The minimum absolute atomic E-state index is 0.144. The molecule has 1 heterocycles. The second kappa shape index (κ2) is 5.44. The third-order valence-corrected chi connectivity index (χ3v) is 3.33. The van der Waals surface area contributed by atoms with Crippen LogP contribution in [-0.2, 0) is 0 Å². The largest absolute Gasteiger partial charge is 0.386 e. The fourth-order valence-electron chi connectivity index (χ4n) is 1.49. The third-order valence-electron chi connectivity index (χ3n) is 2.30. The number of aliphatic hydroxyl groups is 1. The van der Waals surface area contributed by atoms with E-state index in [1.54, 1.807) is 0 Å². The van der Waals surface area contributed by atoms with Gasteiger partial charge in [-0.05, 0) is 19.9 Å². The Bertz CT molecular complexity index is 275. The Labute approximate surface area is 89.0 Å². The first-order valence-corrected chi connectivity index (χ1v) is 5.87. The molecular weight excluding hydrogens is 196 g/mol. The van der Waals surface area contributed by atoms with Crippen LogP contribution in [0.4, 0.5) is 0 Å². The standard InChI is InChI=1S/C10H18N2OS/c1-3-4-8(5-11)9(13)10-12-7(2)6-14-10/h6,8-9,13H,3-5,11H2,1-2H3. The zero-order chi connectivity index (χ0) is 10.6. The lowest BCUT2D eigenvalue weighted by Gasteiger charge is -2.18. The van der Waals surface area contributed by atoms with Crippen LogP contribution in [0.15, 0.2) is 5.38 Å². The maximum Gasteiger partial charge on any atom is 0.122 e. The Morgan fingerprint density at radius 3 is 2.79 bits per heavy atom. The summed E-state index contributed by atoms with van der Waals surface area (Å²) in [6.45, 7) is 4.56. The molecular formula is C10H18N2OS. The van der Waals surface area contributed by atoms with Crippen LogP contribution in [0.1, 0.15) is 36.6 Å². The Hall–Kier alpha value is -0.450. The van der Waals surface area contributed by atoms with Crippen molar-refractivity contribution in [2.24, 2.45) is 11.7 Å². The lowest BCUT2D eigenvalue weighted by molar-refractivity contribution is 0.106. The highest BCUT2D eigenvalue weighted by atomic mass is 32.1. The summed E-state index contributed by atoms with van der Waals surface area (Å²) in [6.07, 6.45) is 1.51. The first kappa shape index (κ1) is 11.6. The third kappa shape index (κ3) is 2.77. The normalized spacial score (nSPS) is 15.4. The van der Waals surface area contributed by atoms with Crippen LogP contribution in [-0.4, -0.2) is 16.6 Å². The number of hydrogen-bond acceptors (Lipinski definition) is 4. The number of rotatable bonds is 5. The van der Waals surface area contributed by atoms with Crippen LogP contribution in [0.25, 0.3) is 0 Å². The number of nitrogens with two attached hydrogens (primary N) is 1. The van der Waals surface area contributed by atoms with Gasteiger partial charge in [0.25, 0.3) is 0 Å². The lowest BCUT2D eigenvalue weighted by Crippen LogP contribution is -2.21. The monoisotopic (exact) mass is 214 g/mol. The molecule has 0 radical (unpaired) electrons. The van der Waals surface area contributed by atoms with Crippen molar-refractivity contribution < 1.29 is 5.11 Å². The quantitative estimate of drug-likeness (QED) is 0.786. The van der Waals surface area contributed by atoms with Crippen molar-refractivity contribution >= 4 is 11.3 Å². The van der Waals surface area contributed by atoms with Crippen LogP contribution in [0, 0.1) is 12.8 Å². The molecule has 0 aliphatic heterocycles. The summed E-state index contributed by atoms with van der Waals surface area (Å²) in [5.41, 5.74) is 6.59. The Balaban J connectivity index is 2.66. The summed E-state index contributed by atoms with van der Waals surface area (Å²) in [7, 11) is 0. The van der Waals surface area contributed by atoms with Crippen molar-refractivity contribution in [3.8, 4) is 0 Å². The van der Waals surface area contributed by atoms with E-state index in [0.717, 1.165) is 23.5 Å². The van der Waals surface area contributed by atoms with Crippen LogP contribution >= 0.6 is 11.3 Å². The van der Waals surface area contributed by atoms with E-state index in [-0.39, 0.29) is 5.92 Å². The fraction of sp³-hybridized carbons (Fsp3) is 0.700. The zero-order valence-electron chi connectivity index (χ0n) is 8.73. The van der Waals surface area contributed by atoms with Gasteiger partial charge in [-0.1, -0.05) is 13.3 Å². The smallest absolute Gasteiger partial charge is 0.122 e. The number of nitrogens with zero attached hydrogens (tertiary/aromatic N) is 1. The zero-order valence-corrected chi connectivity index (χ0v) is 9.55. The number of aliphatic hydroxyl groups excluding tert-OH is 1. The number of aromatic nitrogens is 1. The Kier molecular flexibility index (Phi) is 4.51. The van der Waals surface area contributed by atoms with Gasteiger partial charge in [0.1, 0.15) is 11.1 Å². The van der Waals surface area contributed by atoms with Crippen molar-refractivity contribution in [1.29, 1.82) is 0 Å². The Morgan fingerprint density at radius 1 is 1.64 bits per heavy atom. The highest BCUT2D eigenvalue weighted by Crippen LogP contribution is 2.27. The van der Waals surface area contributed by atoms with Gasteiger partial charge in [-0.25, -0.2) is 4.98 Å². The summed E-state index contributed by atoms with van der Waals surface area (Å²) in [6, 6.07) is 0. The molecule has 14 heavy (non-hydrogen) atoms. The summed E-state index contributed by atoms with van der Waals surface area (Å²) in [5.74, 6) is 0.144. The molecule has 0 amide bonds.